The van der Waals surface area contributed by atoms with E-state index >= 15 is 0 Å². The number of ether oxygens (including phenoxy) is 2. The average molecular weight is 509 g/mol. The molecule has 0 aliphatic carbocycles. The van der Waals surface area contributed by atoms with Crippen LogP contribution in [0, 0.1) is 0 Å². The van der Waals surface area contributed by atoms with Gasteiger partial charge in [0.15, 0.2) is 24.0 Å². The van der Waals surface area contributed by atoms with Gasteiger partial charge in [-0.05, 0) is 0 Å². The minimum atomic E-state index is -4.99. The summed E-state index contributed by atoms with van der Waals surface area (Å²) in [5.41, 5.74) is 6.18. The maximum absolute atomic E-state index is 12.3. The first-order valence-corrected chi connectivity index (χ1v) is 11.4. The quantitative estimate of drug-likeness (QED) is 0.165. The molecule has 2 aliphatic rings. The van der Waals surface area contributed by atoms with Crippen LogP contribution in [0.3, 0.4) is 0 Å². The largest absolute Gasteiger partial charge is 0.474 e. The lowest BCUT2D eigenvalue weighted by Crippen LogP contribution is -2.58. The highest BCUT2D eigenvalue weighted by molar-refractivity contribution is 7.47. The number of hydrogen-bond donors (Lipinski definition) is 8. The van der Waals surface area contributed by atoms with Crippen LogP contribution in [-0.2, 0) is 23.1 Å². The van der Waals surface area contributed by atoms with E-state index in [1.807, 2.05) is 0 Å². The van der Waals surface area contributed by atoms with Gasteiger partial charge in [0.25, 0.3) is 0 Å². The van der Waals surface area contributed by atoms with Crippen LogP contribution >= 0.6 is 7.82 Å². The molecule has 0 aromatic carbocycles. The van der Waals surface area contributed by atoms with Crippen LogP contribution in [0.4, 0.5) is 5.82 Å². The number of rotatable bonds is 7. The summed E-state index contributed by atoms with van der Waals surface area (Å²) in [6.07, 6.45) is -11.9. The molecule has 2 aliphatic heterocycles. The van der Waals surface area contributed by atoms with Crippen molar-refractivity contribution < 1.29 is 58.6 Å². The molecule has 0 spiro atoms. The lowest BCUT2D eigenvalue weighted by molar-refractivity contribution is -0.281. The van der Waals surface area contributed by atoms with E-state index in [9.17, 15) is 40.1 Å². The van der Waals surface area contributed by atoms with Crippen molar-refractivity contribution in [3.05, 3.63) is 12.7 Å². The van der Waals surface area contributed by atoms with Gasteiger partial charge in [-0.3, -0.25) is 13.6 Å². The van der Waals surface area contributed by atoms with Crippen molar-refractivity contribution in [2.24, 2.45) is 0 Å². The molecule has 0 saturated carbocycles. The Bertz CT molecular complexity index is 1060. The zero-order valence-corrected chi connectivity index (χ0v) is 18.1. The van der Waals surface area contributed by atoms with Crippen molar-refractivity contribution in [3.8, 4) is 0 Å². The fourth-order valence-corrected chi connectivity index (χ4v) is 4.47. The first-order valence-electron chi connectivity index (χ1n) is 9.95. The first kappa shape index (κ1) is 25.2. The maximum Gasteiger partial charge on any atom is 0.474 e. The summed E-state index contributed by atoms with van der Waals surface area (Å²) in [5.74, 6) is 0.0863. The molecule has 0 radical (unpaired) electrons. The van der Waals surface area contributed by atoms with Crippen molar-refractivity contribution >= 4 is 24.8 Å². The van der Waals surface area contributed by atoms with E-state index in [1.165, 1.54) is 17.2 Å². The van der Waals surface area contributed by atoms with E-state index in [-0.39, 0.29) is 17.0 Å². The number of anilines is 1. The third-order valence-corrected chi connectivity index (χ3v) is 6.44. The van der Waals surface area contributed by atoms with Gasteiger partial charge < -0.3 is 50.7 Å². The Balaban J connectivity index is 1.41. The summed E-state index contributed by atoms with van der Waals surface area (Å²) >= 11 is 0. The number of nitrogen functional groups attached to an aromatic ring is 1. The number of phosphoric acid groups is 1. The SMILES string of the molecule is Nc1ncnc2c1ncn2[C@@H]1O[C@H](COP(=O)(O)OC2O[C@H](CO)[C@H](O)[C@H](O)[C@H]2O)[C@@H](O)[C@H]1O. The van der Waals surface area contributed by atoms with Gasteiger partial charge in [0, 0.05) is 0 Å². The molecule has 4 heterocycles. The summed E-state index contributed by atoms with van der Waals surface area (Å²) in [6, 6.07) is 0. The van der Waals surface area contributed by atoms with Crippen molar-refractivity contribution in [1.82, 2.24) is 19.5 Å². The smallest absolute Gasteiger partial charge is 0.394 e. The van der Waals surface area contributed by atoms with Gasteiger partial charge in [0.2, 0.25) is 0 Å². The molecule has 0 amide bonds. The lowest BCUT2D eigenvalue weighted by atomic mass is 10.00. The number of nitrogens with two attached hydrogens (primary N) is 1. The number of fused-ring (bicyclic) bond motifs is 1. The molecule has 4 rings (SSSR count). The van der Waals surface area contributed by atoms with E-state index in [4.69, 9.17) is 24.3 Å². The van der Waals surface area contributed by atoms with Crippen LogP contribution < -0.4 is 5.73 Å². The Morgan fingerprint density at radius 1 is 1.00 bits per heavy atom. The molecule has 17 nitrogen and oxygen atoms in total. The molecule has 2 unspecified atom stereocenters. The number of hydrogen-bond acceptors (Lipinski definition) is 15. The Morgan fingerprint density at radius 2 is 1.71 bits per heavy atom. The van der Waals surface area contributed by atoms with Crippen molar-refractivity contribution in [2.75, 3.05) is 18.9 Å². The lowest BCUT2D eigenvalue weighted by Gasteiger charge is -2.39. The van der Waals surface area contributed by atoms with Gasteiger partial charge in [-0.2, -0.15) is 0 Å². The molecule has 34 heavy (non-hydrogen) atoms. The summed E-state index contributed by atoms with van der Waals surface area (Å²) in [5, 5.41) is 59.4. The van der Waals surface area contributed by atoms with Crippen molar-refractivity contribution in [2.45, 2.75) is 55.2 Å². The monoisotopic (exact) mass is 509 g/mol. The Labute approximate surface area is 190 Å². The fraction of sp³-hybridized carbons (Fsp3) is 0.688. The van der Waals surface area contributed by atoms with Gasteiger partial charge in [-0.1, -0.05) is 0 Å². The third-order valence-electron chi connectivity index (χ3n) is 5.49. The molecular formula is C16H24N5O12P. The second kappa shape index (κ2) is 9.65. The van der Waals surface area contributed by atoms with Gasteiger partial charge in [0.1, 0.15) is 54.6 Å². The summed E-state index contributed by atoms with van der Waals surface area (Å²) < 4.78 is 33.7. The molecule has 2 aromatic rings. The number of nitrogens with zero attached hydrogens (tertiary/aromatic N) is 4. The molecule has 2 saturated heterocycles. The van der Waals surface area contributed by atoms with E-state index in [0.29, 0.717) is 0 Å². The Hall–Kier alpha value is -1.86. The second-order valence-electron chi connectivity index (χ2n) is 7.70. The first-order chi connectivity index (χ1) is 16.0. The average Bonchev–Trinajstić information content (AvgIpc) is 3.35. The number of aliphatic hydroxyl groups excluding tert-OH is 6. The molecule has 10 atom stereocenters. The van der Waals surface area contributed by atoms with Crippen LogP contribution in [0.1, 0.15) is 6.23 Å². The van der Waals surface area contributed by atoms with E-state index in [2.05, 4.69) is 15.0 Å². The topological polar surface area (TPSA) is 265 Å². The number of aliphatic hydroxyl groups is 6. The minimum absolute atomic E-state index is 0.0863. The van der Waals surface area contributed by atoms with Crippen LogP contribution in [0.25, 0.3) is 11.2 Å². The normalized spacial score (nSPS) is 38.3. The number of imidazole rings is 1. The highest BCUT2D eigenvalue weighted by atomic mass is 31.2. The minimum Gasteiger partial charge on any atom is -0.394 e. The van der Waals surface area contributed by atoms with E-state index in [1.54, 1.807) is 0 Å². The highest BCUT2D eigenvalue weighted by Gasteiger charge is 2.48. The summed E-state index contributed by atoms with van der Waals surface area (Å²) in [6.45, 7) is -1.52. The number of aromatic nitrogens is 4. The zero-order valence-electron chi connectivity index (χ0n) is 17.3. The van der Waals surface area contributed by atoms with Gasteiger partial charge in [-0.15, -0.1) is 0 Å². The standard InChI is InChI=1S/C16H24N5O12P/c17-13-7-14(19-3-18-13)21(4-20-7)15-11(26)9(24)6(31-15)2-30-34(28,29)33-16-12(27)10(25)8(23)5(1-22)32-16/h3-6,8-12,15-16,22-27H,1-2H2,(H,28,29)(H2,17,18,19)/t5-,6-,8+,9-,10+,11-,12-,15-,16?/m1/s1. The highest BCUT2D eigenvalue weighted by Crippen LogP contribution is 2.47. The van der Waals surface area contributed by atoms with Gasteiger partial charge in [0.05, 0.1) is 19.5 Å². The maximum atomic E-state index is 12.3. The second-order valence-corrected chi connectivity index (χ2v) is 9.10. The van der Waals surface area contributed by atoms with Crippen molar-refractivity contribution in [3.63, 3.8) is 0 Å². The predicted molar refractivity (Wildman–Crippen MR) is 106 cm³/mol. The molecule has 2 fully saturated rings. The molecule has 9 N–H and O–H groups in total. The predicted octanol–water partition coefficient (Wildman–Crippen LogP) is -4.04. The zero-order chi connectivity index (χ0) is 24.8. The van der Waals surface area contributed by atoms with Gasteiger partial charge in [-0.25, -0.2) is 19.5 Å². The number of phosphoric ester groups is 1. The molecule has 190 valence electrons. The third kappa shape index (κ3) is 4.66. The summed E-state index contributed by atoms with van der Waals surface area (Å²) in [4.78, 5) is 21.9. The van der Waals surface area contributed by atoms with Crippen LogP contribution in [0.15, 0.2) is 12.7 Å². The van der Waals surface area contributed by atoms with Crippen LogP contribution in [0.2, 0.25) is 0 Å². The molecule has 2 aromatic heterocycles. The van der Waals surface area contributed by atoms with Crippen LogP contribution in [0.5, 0.6) is 0 Å². The molecule has 0 bridgehead atoms. The van der Waals surface area contributed by atoms with E-state index < -0.39 is 76.3 Å². The Morgan fingerprint density at radius 3 is 2.41 bits per heavy atom. The molecule has 18 heteroatoms. The molecular weight excluding hydrogens is 485 g/mol. The van der Waals surface area contributed by atoms with Gasteiger partial charge >= 0.3 is 7.82 Å². The van der Waals surface area contributed by atoms with Crippen LogP contribution in [-0.4, -0.2) is 117 Å². The van der Waals surface area contributed by atoms with Crippen molar-refractivity contribution in [1.29, 1.82) is 0 Å². The van der Waals surface area contributed by atoms with E-state index in [0.717, 1.165) is 0 Å². The fourth-order valence-electron chi connectivity index (χ4n) is 3.64. The Kier molecular flexibility index (Phi) is 7.16. The summed E-state index contributed by atoms with van der Waals surface area (Å²) in [7, 11) is -4.99.